The summed E-state index contributed by atoms with van der Waals surface area (Å²) < 4.78 is 4.69. The molecule has 17 heavy (non-hydrogen) atoms. The molecule has 1 amide bonds. The van der Waals surface area contributed by atoms with Gasteiger partial charge in [0.25, 0.3) is 5.78 Å². The van der Waals surface area contributed by atoms with Crippen molar-refractivity contribution in [2.24, 2.45) is 5.41 Å². The third kappa shape index (κ3) is 3.28. The summed E-state index contributed by atoms with van der Waals surface area (Å²) in [6.45, 7) is 5.55. The van der Waals surface area contributed by atoms with E-state index in [-0.39, 0.29) is 12.5 Å². The average molecular weight is 241 g/mol. The van der Waals surface area contributed by atoms with Gasteiger partial charge in [0, 0.05) is 6.42 Å². The van der Waals surface area contributed by atoms with E-state index in [1.54, 1.807) is 6.92 Å². The fraction of sp³-hybridized carbons (Fsp3) is 0.750. The molecule has 5 nitrogen and oxygen atoms in total. The second kappa shape index (κ2) is 5.29. The van der Waals surface area contributed by atoms with Gasteiger partial charge in [-0.2, -0.15) is 0 Å². The molecule has 0 aliphatic carbocycles. The minimum Gasteiger partial charge on any atom is -0.460 e. The van der Waals surface area contributed by atoms with E-state index in [9.17, 15) is 14.4 Å². The topological polar surface area (TPSA) is 72.5 Å². The fourth-order valence-corrected chi connectivity index (χ4v) is 2.02. The van der Waals surface area contributed by atoms with Crippen LogP contribution in [0.15, 0.2) is 0 Å². The molecule has 5 heteroatoms. The van der Waals surface area contributed by atoms with Crippen LogP contribution in [-0.2, 0) is 19.1 Å². The Kier molecular flexibility index (Phi) is 4.26. The number of ether oxygens (including phenoxy) is 1. The summed E-state index contributed by atoms with van der Waals surface area (Å²) in [5.74, 6) is -1.71. The van der Waals surface area contributed by atoms with E-state index in [0.29, 0.717) is 6.42 Å². The first kappa shape index (κ1) is 13.7. The van der Waals surface area contributed by atoms with Crippen molar-refractivity contribution in [3.05, 3.63) is 0 Å². The van der Waals surface area contributed by atoms with Crippen LogP contribution in [0, 0.1) is 5.41 Å². The second-order valence-electron chi connectivity index (χ2n) is 4.93. The Morgan fingerprint density at radius 2 is 2.12 bits per heavy atom. The van der Waals surface area contributed by atoms with E-state index in [0.717, 1.165) is 12.8 Å². The molecule has 1 aliphatic rings. The highest BCUT2D eigenvalue weighted by atomic mass is 16.5. The molecule has 0 radical (unpaired) electrons. The molecule has 1 saturated heterocycles. The van der Waals surface area contributed by atoms with Crippen molar-refractivity contribution in [3.63, 3.8) is 0 Å². The van der Waals surface area contributed by atoms with Crippen LogP contribution in [0.5, 0.6) is 0 Å². The molecule has 0 bridgehead atoms. The number of rotatable bonds is 3. The summed E-state index contributed by atoms with van der Waals surface area (Å²) >= 11 is 0. The Labute approximate surface area is 101 Å². The lowest BCUT2D eigenvalue weighted by atomic mass is 9.79. The molecule has 96 valence electrons. The summed E-state index contributed by atoms with van der Waals surface area (Å²) in [7, 11) is 0. The standard InChI is InChI=1S/C12H19NO4/c1-4-17-11(16)9(15)10-12(2,3)7-5-6-8(14)13-10/h10H,4-7H2,1-3H3,(H,13,14). The third-order valence-corrected chi connectivity index (χ3v) is 3.05. The van der Waals surface area contributed by atoms with Gasteiger partial charge in [-0.15, -0.1) is 0 Å². The van der Waals surface area contributed by atoms with Crippen molar-refractivity contribution in [2.75, 3.05) is 6.61 Å². The summed E-state index contributed by atoms with van der Waals surface area (Å²) in [6.07, 6.45) is 1.85. The van der Waals surface area contributed by atoms with Crippen molar-refractivity contribution in [1.82, 2.24) is 5.32 Å². The molecule has 1 atom stereocenters. The Bertz CT molecular complexity index is 335. The molecular formula is C12H19NO4. The molecule has 1 fully saturated rings. The SMILES string of the molecule is CCOC(=O)C(=O)C1NC(=O)CCCC1(C)C. The van der Waals surface area contributed by atoms with Crippen LogP contribution in [0.2, 0.25) is 0 Å². The van der Waals surface area contributed by atoms with Crippen LogP contribution in [0.25, 0.3) is 0 Å². The van der Waals surface area contributed by atoms with E-state index >= 15 is 0 Å². The zero-order chi connectivity index (χ0) is 13.1. The highest BCUT2D eigenvalue weighted by molar-refractivity contribution is 6.36. The maximum Gasteiger partial charge on any atom is 0.376 e. The van der Waals surface area contributed by atoms with Crippen LogP contribution in [0.4, 0.5) is 0 Å². The average Bonchev–Trinajstić information content (AvgIpc) is 2.37. The zero-order valence-electron chi connectivity index (χ0n) is 10.5. The van der Waals surface area contributed by atoms with Crippen LogP contribution in [0.1, 0.15) is 40.0 Å². The second-order valence-corrected chi connectivity index (χ2v) is 4.93. The van der Waals surface area contributed by atoms with E-state index in [4.69, 9.17) is 0 Å². The summed E-state index contributed by atoms with van der Waals surface area (Å²) in [5.41, 5.74) is -0.421. The molecule has 1 N–H and O–H groups in total. The van der Waals surface area contributed by atoms with Gasteiger partial charge in [-0.05, 0) is 25.2 Å². The highest BCUT2D eigenvalue weighted by Crippen LogP contribution is 2.30. The van der Waals surface area contributed by atoms with Gasteiger partial charge in [0.15, 0.2) is 0 Å². The molecule has 1 unspecified atom stereocenters. The van der Waals surface area contributed by atoms with Crippen LogP contribution in [0.3, 0.4) is 0 Å². The van der Waals surface area contributed by atoms with E-state index in [2.05, 4.69) is 10.1 Å². The molecule has 1 heterocycles. The summed E-state index contributed by atoms with van der Waals surface area (Å²) in [4.78, 5) is 34.8. The summed E-state index contributed by atoms with van der Waals surface area (Å²) in [5, 5.41) is 2.62. The molecule has 1 aliphatic heterocycles. The van der Waals surface area contributed by atoms with Crippen molar-refractivity contribution >= 4 is 17.7 Å². The van der Waals surface area contributed by atoms with Gasteiger partial charge in [-0.3, -0.25) is 9.59 Å². The number of Topliss-reactive ketones (excluding diaryl/α,β-unsaturated/α-hetero) is 1. The number of amides is 1. The number of carbonyl (C=O) groups excluding carboxylic acids is 3. The first-order chi connectivity index (χ1) is 7.88. The number of nitrogens with one attached hydrogen (secondary N) is 1. The van der Waals surface area contributed by atoms with E-state index < -0.39 is 23.2 Å². The first-order valence-electron chi connectivity index (χ1n) is 5.89. The van der Waals surface area contributed by atoms with Gasteiger partial charge < -0.3 is 10.1 Å². The maximum absolute atomic E-state index is 11.9. The minimum absolute atomic E-state index is 0.158. The molecule has 0 aromatic rings. The van der Waals surface area contributed by atoms with Gasteiger partial charge in [-0.25, -0.2) is 4.79 Å². The zero-order valence-corrected chi connectivity index (χ0v) is 10.5. The smallest absolute Gasteiger partial charge is 0.376 e. The summed E-state index contributed by atoms with van der Waals surface area (Å²) in [6, 6.07) is -0.781. The first-order valence-corrected chi connectivity index (χ1v) is 5.89. The largest absolute Gasteiger partial charge is 0.460 e. The van der Waals surface area contributed by atoms with Crippen molar-refractivity contribution in [1.29, 1.82) is 0 Å². The van der Waals surface area contributed by atoms with E-state index in [1.165, 1.54) is 0 Å². The number of hydrogen-bond donors (Lipinski definition) is 1. The monoisotopic (exact) mass is 241 g/mol. The number of ketones is 1. The number of esters is 1. The van der Waals surface area contributed by atoms with Crippen LogP contribution in [-0.4, -0.2) is 30.3 Å². The van der Waals surface area contributed by atoms with Crippen molar-refractivity contribution in [2.45, 2.75) is 46.1 Å². The van der Waals surface area contributed by atoms with Crippen LogP contribution < -0.4 is 5.32 Å². The molecule has 0 spiro atoms. The quantitative estimate of drug-likeness (QED) is 0.586. The number of hydrogen-bond acceptors (Lipinski definition) is 4. The molecule has 0 saturated carbocycles. The van der Waals surface area contributed by atoms with E-state index in [1.807, 2.05) is 13.8 Å². The Morgan fingerprint density at radius 3 is 2.71 bits per heavy atom. The predicted octanol–water partition coefficient (Wildman–Crippen LogP) is 0.813. The van der Waals surface area contributed by atoms with Gasteiger partial charge in [-0.1, -0.05) is 13.8 Å². The van der Waals surface area contributed by atoms with Crippen molar-refractivity contribution < 1.29 is 19.1 Å². The normalized spacial score (nSPS) is 23.5. The Hall–Kier alpha value is -1.39. The minimum atomic E-state index is -0.868. The molecular weight excluding hydrogens is 222 g/mol. The fourth-order valence-electron chi connectivity index (χ4n) is 2.02. The van der Waals surface area contributed by atoms with Gasteiger partial charge in [0.1, 0.15) is 6.04 Å². The maximum atomic E-state index is 11.9. The Morgan fingerprint density at radius 1 is 1.47 bits per heavy atom. The Balaban J connectivity index is 2.86. The number of carbonyl (C=O) groups is 3. The molecule has 1 rings (SSSR count). The van der Waals surface area contributed by atoms with Gasteiger partial charge >= 0.3 is 5.97 Å². The highest BCUT2D eigenvalue weighted by Gasteiger charge is 2.41. The predicted molar refractivity (Wildman–Crippen MR) is 61.2 cm³/mol. The molecule has 0 aromatic heterocycles. The van der Waals surface area contributed by atoms with Crippen LogP contribution >= 0.6 is 0 Å². The molecule has 0 aromatic carbocycles. The lowest BCUT2D eigenvalue weighted by molar-refractivity contribution is -0.156. The van der Waals surface area contributed by atoms with Gasteiger partial charge in [0.2, 0.25) is 5.91 Å². The third-order valence-electron chi connectivity index (χ3n) is 3.05. The lowest BCUT2D eigenvalue weighted by Gasteiger charge is -2.30. The lowest BCUT2D eigenvalue weighted by Crippen LogP contribution is -2.51. The van der Waals surface area contributed by atoms with Crippen molar-refractivity contribution in [3.8, 4) is 0 Å². The van der Waals surface area contributed by atoms with Gasteiger partial charge in [0.05, 0.1) is 6.61 Å².